The Morgan fingerprint density at radius 1 is 0.667 bits per heavy atom. The van der Waals surface area contributed by atoms with Crippen LogP contribution in [0.4, 0.5) is 0 Å². The highest BCUT2D eigenvalue weighted by Gasteiger charge is 2.15. The van der Waals surface area contributed by atoms with Crippen LogP contribution in [0.15, 0.2) is 11.1 Å². The summed E-state index contributed by atoms with van der Waals surface area (Å²) in [4.78, 5) is 22.0. The molecule has 4 nitrogen and oxygen atoms in total. The molecular formula is C22H40O4S. The maximum atomic E-state index is 11.1. The van der Waals surface area contributed by atoms with E-state index in [0.29, 0.717) is 0 Å². The Morgan fingerprint density at radius 2 is 1.07 bits per heavy atom. The fourth-order valence-corrected chi connectivity index (χ4v) is 4.13. The van der Waals surface area contributed by atoms with E-state index in [1.54, 1.807) is 0 Å². The molecule has 0 aliphatic rings. The highest BCUT2D eigenvalue weighted by Crippen LogP contribution is 2.17. The van der Waals surface area contributed by atoms with Crippen molar-refractivity contribution in [2.45, 2.75) is 104 Å². The van der Waals surface area contributed by atoms with E-state index < -0.39 is 11.9 Å². The van der Waals surface area contributed by atoms with Crippen LogP contribution >= 0.6 is 11.8 Å². The Morgan fingerprint density at radius 3 is 1.44 bits per heavy atom. The molecule has 158 valence electrons. The van der Waals surface area contributed by atoms with Gasteiger partial charge in [0.05, 0.1) is 5.57 Å². The Labute approximate surface area is 170 Å². The second-order valence-electron chi connectivity index (χ2n) is 7.36. The van der Waals surface area contributed by atoms with Crippen molar-refractivity contribution in [1.29, 1.82) is 0 Å². The Kier molecular flexibility index (Phi) is 17.7. The van der Waals surface area contributed by atoms with Crippen LogP contribution in [-0.2, 0) is 9.59 Å². The number of carbonyl (C=O) groups is 2. The highest BCUT2D eigenvalue weighted by molar-refractivity contribution is 7.99. The summed E-state index contributed by atoms with van der Waals surface area (Å²) < 4.78 is 0. The van der Waals surface area contributed by atoms with Gasteiger partial charge in [0, 0.05) is 11.3 Å². The van der Waals surface area contributed by atoms with E-state index in [-0.39, 0.29) is 16.9 Å². The van der Waals surface area contributed by atoms with E-state index in [4.69, 9.17) is 10.2 Å². The molecule has 0 aliphatic carbocycles. The second kappa shape index (κ2) is 18.4. The molecule has 0 amide bonds. The maximum Gasteiger partial charge on any atom is 0.332 e. The minimum absolute atomic E-state index is 0.0119. The van der Waals surface area contributed by atoms with Crippen LogP contribution in [0, 0.1) is 0 Å². The first kappa shape index (κ1) is 26.0. The summed E-state index contributed by atoms with van der Waals surface area (Å²) in [6, 6.07) is 0. The molecule has 0 fully saturated rings. The molecule has 0 aromatic carbocycles. The number of carboxylic acids is 2. The monoisotopic (exact) mass is 400 g/mol. The number of thioether (sulfide) groups is 1. The molecule has 0 saturated heterocycles. The van der Waals surface area contributed by atoms with E-state index in [1.807, 2.05) is 0 Å². The van der Waals surface area contributed by atoms with Gasteiger partial charge in [0.1, 0.15) is 0 Å². The van der Waals surface area contributed by atoms with Crippen molar-refractivity contribution in [3.8, 4) is 0 Å². The average Bonchev–Trinajstić information content (AvgIpc) is 2.63. The smallest absolute Gasteiger partial charge is 0.332 e. The molecule has 2 N–H and O–H groups in total. The van der Waals surface area contributed by atoms with Gasteiger partial charge in [-0.3, -0.25) is 0 Å². The van der Waals surface area contributed by atoms with Crippen LogP contribution in [0.25, 0.3) is 0 Å². The topological polar surface area (TPSA) is 74.6 Å². The van der Waals surface area contributed by atoms with Crippen LogP contribution in [0.5, 0.6) is 0 Å². The number of hydrogen-bond donors (Lipinski definition) is 2. The molecule has 0 bridgehead atoms. The van der Waals surface area contributed by atoms with Gasteiger partial charge in [-0.15, -0.1) is 0 Å². The molecule has 27 heavy (non-hydrogen) atoms. The largest absolute Gasteiger partial charge is 0.478 e. The van der Waals surface area contributed by atoms with Gasteiger partial charge in [-0.25, -0.2) is 9.59 Å². The van der Waals surface area contributed by atoms with Gasteiger partial charge in [-0.2, -0.15) is 11.8 Å². The summed E-state index contributed by atoms with van der Waals surface area (Å²) in [5.41, 5.74) is -0.0474. The van der Waals surface area contributed by atoms with Crippen LogP contribution in [0.2, 0.25) is 0 Å². The van der Waals surface area contributed by atoms with Crippen LogP contribution in [0.3, 0.4) is 0 Å². The first-order valence-electron chi connectivity index (χ1n) is 10.7. The van der Waals surface area contributed by atoms with Crippen LogP contribution in [0.1, 0.15) is 104 Å². The predicted molar refractivity (Wildman–Crippen MR) is 116 cm³/mol. The lowest BCUT2D eigenvalue weighted by molar-refractivity contribution is -0.135. The zero-order chi connectivity index (χ0) is 20.3. The molecule has 0 radical (unpaired) electrons. The third kappa shape index (κ3) is 15.8. The van der Waals surface area contributed by atoms with Crippen molar-refractivity contribution in [2.24, 2.45) is 0 Å². The van der Waals surface area contributed by atoms with Gasteiger partial charge < -0.3 is 10.2 Å². The molecule has 0 aromatic rings. The lowest BCUT2D eigenvalue weighted by Crippen LogP contribution is -2.11. The normalized spacial score (nSPS) is 12.1. The van der Waals surface area contributed by atoms with Crippen molar-refractivity contribution in [2.75, 3.05) is 11.5 Å². The molecule has 0 unspecified atom stereocenters. The van der Waals surface area contributed by atoms with Crippen LogP contribution < -0.4 is 0 Å². The third-order valence-electron chi connectivity index (χ3n) is 4.92. The van der Waals surface area contributed by atoms with E-state index in [2.05, 4.69) is 6.92 Å². The van der Waals surface area contributed by atoms with Crippen molar-refractivity contribution < 1.29 is 19.8 Å². The second-order valence-corrected chi connectivity index (χ2v) is 8.47. The predicted octanol–water partition coefficient (Wildman–Crippen LogP) is 6.69. The average molecular weight is 401 g/mol. The van der Waals surface area contributed by atoms with E-state index in [0.717, 1.165) is 12.2 Å². The SMILES string of the molecule is CCCCCCCCCCCCCCCCSCC(C(=O)O)=C(C)C(=O)O. The molecule has 0 aliphatic heterocycles. The fourth-order valence-electron chi connectivity index (χ4n) is 3.03. The molecule has 0 aromatic heterocycles. The van der Waals surface area contributed by atoms with E-state index in [9.17, 15) is 9.59 Å². The van der Waals surface area contributed by atoms with Gasteiger partial charge in [0.25, 0.3) is 0 Å². The lowest BCUT2D eigenvalue weighted by atomic mass is 10.0. The number of rotatable bonds is 19. The summed E-state index contributed by atoms with van der Waals surface area (Å²) >= 11 is 1.52. The Bertz CT molecular complexity index is 432. The van der Waals surface area contributed by atoms with E-state index >= 15 is 0 Å². The Hall–Kier alpha value is -0.970. The molecule has 0 saturated carbocycles. The molecule has 0 atom stereocenters. The number of hydrogen-bond acceptors (Lipinski definition) is 3. The number of aliphatic carboxylic acids is 2. The standard InChI is InChI=1S/C22H40O4S/c1-3-4-5-6-7-8-9-10-11-12-13-14-15-16-17-27-18-20(22(25)26)19(2)21(23)24/h3-18H2,1-2H3,(H,23,24)(H,25,26). The first-order chi connectivity index (χ1) is 13.0. The summed E-state index contributed by atoms with van der Waals surface area (Å²) in [5.74, 6) is -1.11. The van der Waals surface area contributed by atoms with Crippen molar-refractivity contribution in [3.05, 3.63) is 11.1 Å². The first-order valence-corrected chi connectivity index (χ1v) is 11.9. The lowest BCUT2D eigenvalue weighted by Gasteiger charge is -2.06. The minimum atomic E-state index is -1.15. The Balaban J connectivity index is 3.44. The fraction of sp³-hybridized carbons (Fsp3) is 0.818. The molecule has 5 heteroatoms. The molecule has 0 spiro atoms. The van der Waals surface area contributed by atoms with E-state index in [1.165, 1.54) is 102 Å². The van der Waals surface area contributed by atoms with Gasteiger partial charge in [-0.05, 0) is 19.1 Å². The van der Waals surface area contributed by atoms with Gasteiger partial charge in [-0.1, -0.05) is 90.4 Å². The zero-order valence-electron chi connectivity index (χ0n) is 17.4. The summed E-state index contributed by atoms with van der Waals surface area (Å²) in [5, 5.41) is 18.0. The van der Waals surface area contributed by atoms with Crippen molar-refractivity contribution >= 4 is 23.7 Å². The van der Waals surface area contributed by atoms with Crippen molar-refractivity contribution in [3.63, 3.8) is 0 Å². The minimum Gasteiger partial charge on any atom is -0.478 e. The number of carboxylic acid groups (broad SMARTS) is 2. The summed E-state index contributed by atoms with van der Waals surface area (Å²) in [7, 11) is 0. The van der Waals surface area contributed by atoms with Gasteiger partial charge >= 0.3 is 11.9 Å². The van der Waals surface area contributed by atoms with Crippen LogP contribution in [-0.4, -0.2) is 33.7 Å². The summed E-state index contributed by atoms with van der Waals surface area (Å²) in [6.45, 7) is 3.62. The number of unbranched alkanes of at least 4 members (excludes halogenated alkanes) is 13. The van der Waals surface area contributed by atoms with Gasteiger partial charge in [0.15, 0.2) is 0 Å². The highest BCUT2D eigenvalue weighted by atomic mass is 32.2. The quantitative estimate of drug-likeness (QED) is 0.187. The summed E-state index contributed by atoms with van der Waals surface area (Å²) in [6.07, 6.45) is 18.5. The zero-order valence-corrected chi connectivity index (χ0v) is 18.2. The molecule has 0 heterocycles. The van der Waals surface area contributed by atoms with Crippen molar-refractivity contribution in [1.82, 2.24) is 0 Å². The van der Waals surface area contributed by atoms with Gasteiger partial charge in [0.2, 0.25) is 0 Å². The molecule has 0 rings (SSSR count). The molecular weight excluding hydrogens is 360 g/mol. The third-order valence-corrected chi connectivity index (χ3v) is 5.99. The maximum absolute atomic E-state index is 11.1.